The van der Waals surface area contributed by atoms with Gasteiger partial charge in [-0.2, -0.15) is 0 Å². The first-order valence-corrected chi connectivity index (χ1v) is 9.01. The molecule has 0 radical (unpaired) electrons. The van der Waals surface area contributed by atoms with E-state index in [1.807, 2.05) is 91.9 Å². The summed E-state index contributed by atoms with van der Waals surface area (Å²) in [5.41, 5.74) is 2.66. The normalized spacial score (nSPS) is 19.3. The van der Waals surface area contributed by atoms with Crippen LogP contribution < -0.4 is 0 Å². The Bertz CT molecular complexity index is 978. The Balaban J connectivity index is 1.79. The Hall–Kier alpha value is -3.17. The van der Waals surface area contributed by atoms with Crippen molar-refractivity contribution in [3.8, 4) is 0 Å². The Morgan fingerprint density at radius 1 is 0.852 bits per heavy atom. The van der Waals surface area contributed by atoms with Gasteiger partial charge >= 0.3 is 0 Å². The van der Waals surface area contributed by atoms with E-state index in [-0.39, 0.29) is 5.91 Å². The Morgan fingerprint density at radius 2 is 1.44 bits per heavy atom. The van der Waals surface area contributed by atoms with E-state index in [0.29, 0.717) is 12.1 Å². The molecule has 0 saturated carbocycles. The Morgan fingerprint density at radius 3 is 2.07 bits per heavy atom. The monoisotopic (exact) mass is 355 g/mol. The summed E-state index contributed by atoms with van der Waals surface area (Å²) < 4.78 is 0. The van der Waals surface area contributed by atoms with Gasteiger partial charge in [0.2, 0.25) is 0 Å². The van der Waals surface area contributed by atoms with Gasteiger partial charge < -0.3 is 10.0 Å². The summed E-state index contributed by atoms with van der Waals surface area (Å²) in [6.07, 6.45) is 1.68. The van der Waals surface area contributed by atoms with Gasteiger partial charge in [0.25, 0.3) is 5.91 Å². The molecule has 0 unspecified atom stereocenters. The predicted octanol–water partition coefficient (Wildman–Crippen LogP) is 4.27. The van der Waals surface area contributed by atoms with E-state index in [9.17, 15) is 9.90 Å². The average Bonchev–Trinajstić information content (AvgIpc) is 2.96. The maximum atomic E-state index is 13.3. The molecule has 4 rings (SSSR count). The van der Waals surface area contributed by atoms with Crippen LogP contribution in [-0.4, -0.2) is 15.9 Å². The number of nitrogens with zero attached hydrogens (tertiary/aromatic N) is 1. The first-order chi connectivity index (χ1) is 13.1. The second-order valence-electron chi connectivity index (χ2n) is 6.90. The molecule has 134 valence electrons. The van der Waals surface area contributed by atoms with E-state index >= 15 is 0 Å². The van der Waals surface area contributed by atoms with Crippen LogP contribution in [0.2, 0.25) is 0 Å². The van der Waals surface area contributed by atoms with Crippen molar-refractivity contribution in [2.45, 2.75) is 19.1 Å². The lowest BCUT2D eigenvalue weighted by atomic mass is 9.93. The molecule has 1 aliphatic rings. The number of aryl methyl sites for hydroxylation is 1. The van der Waals surface area contributed by atoms with Gasteiger partial charge in [0.05, 0.1) is 12.2 Å². The molecular formula is C24H21NO2. The van der Waals surface area contributed by atoms with Crippen molar-refractivity contribution in [2.75, 3.05) is 0 Å². The van der Waals surface area contributed by atoms with Gasteiger partial charge in [-0.1, -0.05) is 90.5 Å². The van der Waals surface area contributed by atoms with Gasteiger partial charge in [-0.05, 0) is 29.7 Å². The van der Waals surface area contributed by atoms with Crippen LogP contribution in [0, 0.1) is 6.92 Å². The second kappa shape index (κ2) is 6.86. The summed E-state index contributed by atoms with van der Waals surface area (Å²) in [5.74, 6) is -0.325. The number of carbonyl (C=O) groups excluding carboxylic acids is 1. The van der Waals surface area contributed by atoms with Crippen LogP contribution in [0.5, 0.6) is 0 Å². The minimum absolute atomic E-state index is 0.325. The molecule has 0 aliphatic carbocycles. The van der Waals surface area contributed by atoms with E-state index in [1.54, 1.807) is 11.0 Å². The van der Waals surface area contributed by atoms with Crippen LogP contribution in [0.4, 0.5) is 0 Å². The molecule has 3 aromatic carbocycles. The smallest absolute Gasteiger partial charge is 0.268 e. The molecule has 1 N–H and O–H groups in total. The summed E-state index contributed by atoms with van der Waals surface area (Å²) in [4.78, 5) is 15.0. The lowest BCUT2D eigenvalue weighted by molar-refractivity contribution is -0.142. The largest absolute Gasteiger partial charge is 0.372 e. The van der Waals surface area contributed by atoms with Crippen molar-refractivity contribution in [2.24, 2.45) is 0 Å². The molecule has 3 nitrogen and oxygen atoms in total. The lowest BCUT2D eigenvalue weighted by Crippen LogP contribution is -2.38. The number of rotatable bonds is 4. The topological polar surface area (TPSA) is 40.5 Å². The van der Waals surface area contributed by atoms with Gasteiger partial charge in [-0.15, -0.1) is 0 Å². The van der Waals surface area contributed by atoms with Gasteiger partial charge in [0.1, 0.15) is 0 Å². The highest BCUT2D eigenvalue weighted by molar-refractivity contribution is 6.01. The highest BCUT2D eigenvalue weighted by atomic mass is 16.3. The fourth-order valence-corrected chi connectivity index (χ4v) is 3.44. The summed E-state index contributed by atoms with van der Waals surface area (Å²) in [6, 6.07) is 27.0. The van der Waals surface area contributed by atoms with Crippen molar-refractivity contribution in [3.63, 3.8) is 0 Å². The molecule has 3 heteroatoms. The molecular weight excluding hydrogens is 334 g/mol. The molecule has 1 heterocycles. The van der Waals surface area contributed by atoms with E-state index < -0.39 is 5.60 Å². The van der Waals surface area contributed by atoms with Gasteiger partial charge in [0, 0.05) is 0 Å². The van der Waals surface area contributed by atoms with Crippen molar-refractivity contribution >= 4 is 11.6 Å². The Kier molecular flexibility index (Phi) is 4.38. The number of carbonyl (C=O) groups is 1. The van der Waals surface area contributed by atoms with Crippen LogP contribution >= 0.6 is 0 Å². The van der Waals surface area contributed by atoms with Crippen molar-refractivity contribution in [1.82, 2.24) is 4.90 Å². The molecule has 1 amide bonds. The molecule has 1 aliphatic heterocycles. The molecule has 0 spiro atoms. The summed E-state index contributed by atoms with van der Waals surface area (Å²) in [5, 5.41) is 11.3. The maximum Gasteiger partial charge on any atom is 0.268 e. The first-order valence-electron chi connectivity index (χ1n) is 9.01. The molecule has 27 heavy (non-hydrogen) atoms. The van der Waals surface area contributed by atoms with E-state index in [0.717, 1.165) is 22.4 Å². The second-order valence-corrected chi connectivity index (χ2v) is 6.90. The molecule has 0 saturated heterocycles. The fourth-order valence-electron chi connectivity index (χ4n) is 3.44. The van der Waals surface area contributed by atoms with Gasteiger partial charge in [0.15, 0.2) is 5.60 Å². The zero-order valence-electron chi connectivity index (χ0n) is 15.2. The molecule has 1 atom stereocenters. The maximum absolute atomic E-state index is 13.3. The third-order valence-corrected chi connectivity index (χ3v) is 4.95. The van der Waals surface area contributed by atoms with Crippen LogP contribution in [-0.2, 0) is 16.9 Å². The highest BCUT2D eigenvalue weighted by Crippen LogP contribution is 2.39. The van der Waals surface area contributed by atoms with Crippen LogP contribution in [0.15, 0.2) is 91.0 Å². The third kappa shape index (κ3) is 3.18. The SMILES string of the molecule is Cc1ccc([C@@]2(O)C=C(c3ccccc3)N(Cc3ccccc3)C2=O)cc1. The molecule has 0 bridgehead atoms. The molecule has 0 aromatic heterocycles. The molecule has 3 aromatic rings. The summed E-state index contributed by atoms with van der Waals surface area (Å²) in [7, 11) is 0. The van der Waals surface area contributed by atoms with Crippen LogP contribution in [0.3, 0.4) is 0 Å². The average molecular weight is 355 g/mol. The minimum Gasteiger partial charge on any atom is -0.372 e. The van der Waals surface area contributed by atoms with Gasteiger partial charge in [-0.25, -0.2) is 0 Å². The van der Waals surface area contributed by atoms with E-state index in [2.05, 4.69) is 0 Å². The lowest BCUT2D eigenvalue weighted by Gasteiger charge is -2.25. The van der Waals surface area contributed by atoms with Gasteiger partial charge in [-0.3, -0.25) is 4.79 Å². The van der Waals surface area contributed by atoms with Crippen molar-refractivity contribution < 1.29 is 9.90 Å². The Labute approximate surface area is 159 Å². The number of hydrogen-bond donors (Lipinski definition) is 1. The standard InChI is InChI=1S/C24H21NO2/c1-18-12-14-21(15-13-18)24(27)16-22(20-10-6-3-7-11-20)25(23(24)26)17-19-8-4-2-5-9-19/h2-16,27H,17H2,1H3/t24-/m0/s1. The predicted molar refractivity (Wildman–Crippen MR) is 106 cm³/mol. The first kappa shape index (κ1) is 17.3. The van der Waals surface area contributed by atoms with Crippen LogP contribution in [0.1, 0.15) is 22.3 Å². The third-order valence-electron chi connectivity index (χ3n) is 4.95. The van der Waals surface area contributed by atoms with Crippen molar-refractivity contribution in [1.29, 1.82) is 0 Å². The number of amides is 1. The minimum atomic E-state index is -1.66. The number of aliphatic hydroxyl groups is 1. The van der Waals surface area contributed by atoms with Crippen LogP contribution in [0.25, 0.3) is 5.70 Å². The zero-order chi connectivity index (χ0) is 18.9. The highest BCUT2D eigenvalue weighted by Gasteiger charge is 2.46. The fraction of sp³-hybridized carbons (Fsp3) is 0.125. The molecule has 0 fully saturated rings. The number of hydrogen-bond acceptors (Lipinski definition) is 2. The quantitative estimate of drug-likeness (QED) is 0.759. The van der Waals surface area contributed by atoms with E-state index in [4.69, 9.17) is 0 Å². The summed E-state index contributed by atoms with van der Waals surface area (Å²) >= 11 is 0. The summed E-state index contributed by atoms with van der Waals surface area (Å²) in [6.45, 7) is 2.39. The zero-order valence-corrected chi connectivity index (χ0v) is 15.2. The van der Waals surface area contributed by atoms with Crippen molar-refractivity contribution in [3.05, 3.63) is 113 Å². The number of benzene rings is 3. The van der Waals surface area contributed by atoms with E-state index in [1.165, 1.54) is 0 Å².